The van der Waals surface area contributed by atoms with Gasteiger partial charge in [-0.25, -0.2) is 4.98 Å². The number of hydrogen-bond donors (Lipinski definition) is 1. The number of fused-ring (bicyclic) bond motifs is 1. The van der Waals surface area contributed by atoms with Gasteiger partial charge in [0.05, 0.1) is 16.5 Å². The molecule has 0 unspecified atom stereocenters. The maximum Gasteiger partial charge on any atom is 0.417 e. The Labute approximate surface area is 117 Å². The normalized spacial score (nSPS) is 12.1. The fourth-order valence-electron chi connectivity index (χ4n) is 1.92. The fourth-order valence-corrected chi connectivity index (χ4v) is 2.17. The van der Waals surface area contributed by atoms with Crippen LogP contribution in [-0.4, -0.2) is 16.1 Å². The summed E-state index contributed by atoms with van der Waals surface area (Å²) >= 11 is 5.84. The second-order valence-electron chi connectivity index (χ2n) is 4.18. The zero-order valence-corrected chi connectivity index (χ0v) is 11.0. The van der Waals surface area contributed by atoms with E-state index in [1.807, 2.05) is 0 Å². The van der Waals surface area contributed by atoms with Crippen LogP contribution in [0.1, 0.15) is 12.0 Å². The molecule has 0 saturated heterocycles. The van der Waals surface area contributed by atoms with Gasteiger partial charge in [-0.2, -0.15) is 13.2 Å². The molecule has 1 heterocycles. The number of benzene rings is 1. The van der Waals surface area contributed by atoms with E-state index in [2.05, 4.69) is 4.98 Å². The Hall–Kier alpha value is -1.60. The number of rotatable bonds is 3. The standard InChI is InChI=1S/C12H11ClF3N3O/c13-11-18-8-4-1-3-7(12(14,15)16)9(8)10(20)19(11)6-2-5-17/h1,3-4H,2,5-6,17H2. The Balaban J connectivity index is 2.78. The molecule has 0 saturated carbocycles. The predicted molar refractivity (Wildman–Crippen MR) is 69.7 cm³/mol. The number of nitrogens with zero attached hydrogens (tertiary/aromatic N) is 2. The third kappa shape index (κ3) is 2.64. The Bertz CT molecular complexity index is 697. The minimum Gasteiger partial charge on any atom is -0.330 e. The molecular weight excluding hydrogens is 295 g/mol. The van der Waals surface area contributed by atoms with Crippen molar-refractivity contribution in [2.24, 2.45) is 5.73 Å². The molecule has 0 aliphatic rings. The van der Waals surface area contributed by atoms with Gasteiger partial charge in [0.25, 0.3) is 5.56 Å². The lowest BCUT2D eigenvalue weighted by Gasteiger charge is -2.12. The van der Waals surface area contributed by atoms with Crippen molar-refractivity contribution in [2.75, 3.05) is 6.54 Å². The highest BCUT2D eigenvalue weighted by Crippen LogP contribution is 2.33. The van der Waals surface area contributed by atoms with E-state index in [4.69, 9.17) is 17.3 Å². The summed E-state index contributed by atoms with van der Waals surface area (Å²) in [5, 5.41) is -0.614. The van der Waals surface area contributed by atoms with Gasteiger partial charge in [-0.1, -0.05) is 6.07 Å². The van der Waals surface area contributed by atoms with Crippen molar-refractivity contribution < 1.29 is 13.2 Å². The summed E-state index contributed by atoms with van der Waals surface area (Å²) in [5.41, 5.74) is 3.45. The van der Waals surface area contributed by atoms with Crippen molar-refractivity contribution in [1.82, 2.24) is 9.55 Å². The van der Waals surface area contributed by atoms with Gasteiger partial charge in [-0.05, 0) is 36.7 Å². The van der Waals surface area contributed by atoms with E-state index in [1.54, 1.807) is 0 Å². The molecule has 0 fully saturated rings. The van der Waals surface area contributed by atoms with Crippen LogP contribution in [0.2, 0.25) is 5.28 Å². The maximum absolute atomic E-state index is 13.0. The first-order chi connectivity index (χ1) is 9.36. The molecule has 0 amide bonds. The van der Waals surface area contributed by atoms with E-state index in [0.717, 1.165) is 10.6 Å². The fraction of sp³-hybridized carbons (Fsp3) is 0.333. The average molecular weight is 306 g/mol. The molecule has 2 N–H and O–H groups in total. The van der Waals surface area contributed by atoms with Gasteiger partial charge < -0.3 is 5.73 Å². The summed E-state index contributed by atoms with van der Waals surface area (Å²) in [6.07, 6.45) is -4.21. The molecule has 1 aromatic carbocycles. The number of hydrogen-bond acceptors (Lipinski definition) is 3. The van der Waals surface area contributed by atoms with E-state index in [-0.39, 0.29) is 17.3 Å². The number of aromatic nitrogens is 2. The first-order valence-electron chi connectivity index (χ1n) is 5.82. The quantitative estimate of drug-likeness (QED) is 0.886. The van der Waals surface area contributed by atoms with Gasteiger partial charge in [-0.15, -0.1) is 0 Å². The van der Waals surface area contributed by atoms with Gasteiger partial charge >= 0.3 is 6.18 Å². The molecule has 2 aromatic rings. The molecule has 0 aliphatic heterocycles. The summed E-state index contributed by atoms with van der Waals surface area (Å²) in [7, 11) is 0. The predicted octanol–water partition coefficient (Wildman–Crippen LogP) is 2.42. The van der Waals surface area contributed by atoms with Gasteiger partial charge in [0.15, 0.2) is 0 Å². The molecule has 1 aromatic heterocycles. The molecule has 0 aliphatic carbocycles. The Morgan fingerprint density at radius 1 is 1.35 bits per heavy atom. The van der Waals surface area contributed by atoms with E-state index in [9.17, 15) is 18.0 Å². The summed E-state index contributed by atoms with van der Waals surface area (Å²) in [6, 6.07) is 3.37. The van der Waals surface area contributed by atoms with Crippen LogP contribution in [0.15, 0.2) is 23.0 Å². The smallest absolute Gasteiger partial charge is 0.330 e. The molecule has 0 radical (unpaired) electrons. The van der Waals surface area contributed by atoms with E-state index < -0.39 is 22.7 Å². The van der Waals surface area contributed by atoms with Crippen LogP contribution < -0.4 is 11.3 Å². The molecule has 0 spiro atoms. The Kier molecular flexibility index (Phi) is 4.01. The second kappa shape index (κ2) is 5.41. The van der Waals surface area contributed by atoms with Crippen molar-refractivity contribution in [3.8, 4) is 0 Å². The van der Waals surface area contributed by atoms with Crippen LogP contribution in [-0.2, 0) is 12.7 Å². The molecule has 8 heteroatoms. The highest BCUT2D eigenvalue weighted by Gasteiger charge is 2.34. The largest absolute Gasteiger partial charge is 0.417 e. The molecule has 0 bridgehead atoms. The SMILES string of the molecule is NCCCn1c(Cl)nc2cccc(C(F)(F)F)c2c1=O. The van der Waals surface area contributed by atoms with E-state index in [0.29, 0.717) is 13.0 Å². The van der Waals surface area contributed by atoms with Crippen LogP contribution in [0, 0.1) is 0 Å². The Morgan fingerprint density at radius 2 is 2.05 bits per heavy atom. The third-order valence-corrected chi connectivity index (χ3v) is 3.12. The monoisotopic (exact) mass is 305 g/mol. The number of alkyl halides is 3. The summed E-state index contributed by atoms with van der Waals surface area (Å²) in [5.74, 6) is 0. The lowest BCUT2D eigenvalue weighted by Crippen LogP contribution is -2.25. The van der Waals surface area contributed by atoms with Gasteiger partial charge in [0.1, 0.15) is 0 Å². The molecular formula is C12H11ClF3N3O. The minimum absolute atomic E-state index is 0.0705. The van der Waals surface area contributed by atoms with Crippen LogP contribution in [0.4, 0.5) is 13.2 Å². The number of nitrogens with two attached hydrogens (primary N) is 1. The Morgan fingerprint density at radius 3 is 2.65 bits per heavy atom. The van der Waals surface area contributed by atoms with E-state index >= 15 is 0 Å². The summed E-state index contributed by atoms with van der Waals surface area (Å²) in [4.78, 5) is 16.1. The highest BCUT2D eigenvalue weighted by molar-refractivity contribution is 6.28. The molecule has 0 atom stereocenters. The molecule has 108 valence electrons. The van der Waals surface area contributed by atoms with Gasteiger partial charge in [0, 0.05) is 6.54 Å². The zero-order valence-electron chi connectivity index (χ0n) is 10.2. The average Bonchev–Trinajstić information content (AvgIpc) is 2.36. The molecule has 2 rings (SSSR count). The lowest BCUT2D eigenvalue weighted by molar-refractivity contribution is -0.136. The maximum atomic E-state index is 13.0. The van der Waals surface area contributed by atoms with Crippen LogP contribution >= 0.6 is 11.6 Å². The van der Waals surface area contributed by atoms with Crippen molar-refractivity contribution in [2.45, 2.75) is 19.1 Å². The van der Waals surface area contributed by atoms with Crippen molar-refractivity contribution in [3.63, 3.8) is 0 Å². The summed E-state index contributed by atoms with van der Waals surface area (Å²) in [6.45, 7) is 0.422. The van der Waals surface area contributed by atoms with Gasteiger partial charge in [-0.3, -0.25) is 9.36 Å². The topological polar surface area (TPSA) is 60.9 Å². The van der Waals surface area contributed by atoms with Crippen LogP contribution in [0.25, 0.3) is 10.9 Å². The van der Waals surface area contributed by atoms with Gasteiger partial charge in [0.2, 0.25) is 5.28 Å². The van der Waals surface area contributed by atoms with Crippen LogP contribution in [0.3, 0.4) is 0 Å². The van der Waals surface area contributed by atoms with Crippen molar-refractivity contribution in [1.29, 1.82) is 0 Å². The van der Waals surface area contributed by atoms with Crippen LogP contribution in [0.5, 0.6) is 0 Å². The third-order valence-electron chi connectivity index (χ3n) is 2.83. The van der Waals surface area contributed by atoms with E-state index in [1.165, 1.54) is 12.1 Å². The highest BCUT2D eigenvalue weighted by atomic mass is 35.5. The summed E-state index contributed by atoms with van der Waals surface area (Å²) < 4.78 is 39.9. The van der Waals surface area contributed by atoms with Crippen molar-refractivity contribution >= 4 is 22.5 Å². The second-order valence-corrected chi connectivity index (χ2v) is 4.52. The first-order valence-corrected chi connectivity index (χ1v) is 6.20. The number of halogens is 4. The first kappa shape index (κ1) is 14.8. The molecule has 4 nitrogen and oxygen atoms in total. The lowest BCUT2D eigenvalue weighted by atomic mass is 10.1. The molecule has 20 heavy (non-hydrogen) atoms. The zero-order chi connectivity index (χ0) is 14.9. The minimum atomic E-state index is -4.63. The van der Waals surface area contributed by atoms with Crippen molar-refractivity contribution in [3.05, 3.63) is 39.4 Å².